The van der Waals surface area contributed by atoms with E-state index >= 15 is 0 Å². The fourth-order valence-corrected chi connectivity index (χ4v) is 4.53. The molecule has 2 aliphatic rings. The van der Waals surface area contributed by atoms with Crippen LogP contribution in [-0.2, 0) is 10.0 Å². The first-order valence-electron chi connectivity index (χ1n) is 6.82. The molecule has 2 unspecified atom stereocenters. The summed E-state index contributed by atoms with van der Waals surface area (Å²) in [5, 5.41) is 9.37. The Morgan fingerprint density at radius 2 is 2.10 bits per heavy atom. The molecule has 110 valence electrons. The molecule has 2 saturated heterocycles. The molecule has 0 aromatic heterocycles. The third-order valence-corrected chi connectivity index (χ3v) is 5.71. The summed E-state index contributed by atoms with van der Waals surface area (Å²) >= 11 is 0. The topological polar surface area (TPSA) is 95.7 Å². The number of nitrogens with two attached hydrogens (primary N) is 1. The van der Waals surface area contributed by atoms with Crippen LogP contribution in [0.15, 0.2) is 23.1 Å². The minimum Gasteiger partial charge on any atom is -0.506 e. The van der Waals surface area contributed by atoms with Gasteiger partial charge in [0.2, 0.25) is 10.0 Å². The van der Waals surface area contributed by atoms with Crippen LogP contribution >= 0.6 is 0 Å². The van der Waals surface area contributed by atoms with Gasteiger partial charge in [0.15, 0.2) is 0 Å². The number of anilines is 1. The Bertz CT molecular complexity index is 617. The Hall–Kier alpha value is -1.31. The summed E-state index contributed by atoms with van der Waals surface area (Å²) in [6, 6.07) is 4.26. The molecule has 0 bridgehead atoms. The molecule has 6 nitrogen and oxygen atoms in total. The first-order chi connectivity index (χ1) is 9.47. The number of sulfonamides is 1. The van der Waals surface area contributed by atoms with E-state index in [1.165, 1.54) is 18.2 Å². The number of phenolic OH excluding ortho intramolecular Hbond substituents is 1. The summed E-state index contributed by atoms with van der Waals surface area (Å²) in [7, 11) is -3.59. The third kappa shape index (κ3) is 2.36. The molecule has 0 radical (unpaired) electrons. The van der Waals surface area contributed by atoms with E-state index in [0.29, 0.717) is 6.04 Å². The minimum atomic E-state index is -3.59. The Kier molecular flexibility index (Phi) is 3.35. The van der Waals surface area contributed by atoms with Crippen LogP contribution in [0.4, 0.5) is 5.69 Å². The molecule has 4 N–H and O–H groups in total. The molecule has 1 aromatic carbocycles. The van der Waals surface area contributed by atoms with Gasteiger partial charge in [-0.2, -0.15) is 0 Å². The molecule has 7 heteroatoms. The van der Waals surface area contributed by atoms with Crippen molar-refractivity contribution >= 4 is 15.7 Å². The van der Waals surface area contributed by atoms with E-state index in [1.807, 2.05) is 0 Å². The highest BCUT2D eigenvalue weighted by Gasteiger charge is 2.39. The molecule has 0 amide bonds. The number of hydrogen-bond acceptors (Lipinski definition) is 5. The van der Waals surface area contributed by atoms with Gasteiger partial charge in [-0.05, 0) is 44.0 Å². The summed E-state index contributed by atoms with van der Waals surface area (Å²) in [5.74, 6) is -0.105. The molecule has 0 saturated carbocycles. The van der Waals surface area contributed by atoms with Gasteiger partial charge in [-0.3, -0.25) is 4.90 Å². The Labute approximate surface area is 118 Å². The molecule has 2 heterocycles. The molecule has 2 atom stereocenters. The number of fused-ring (bicyclic) bond motifs is 1. The normalized spacial score (nSPS) is 26.8. The number of nitrogen functional groups attached to an aromatic ring is 1. The molecule has 1 aromatic rings. The highest BCUT2D eigenvalue weighted by atomic mass is 32.2. The minimum absolute atomic E-state index is 0.0301. The van der Waals surface area contributed by atoms with Crippen LogP contribution in [0.3, 0.4) is 0 Å². The van der Waals surface area contributed by atoms with Crippen molar-refractivity contribution in [3.63, 3.8) is 0 Å². The quantitative estimate of drug-likeness (QED) is 0.557. The van der Waals surface area contributed by atoms with Crippen molar-refractivity contribution in [2.45, 2.75) is 36.2 Å². The van der Waals surface area contributed by atoms with Crippen molar-refractivity contribution in [2.24, 2.45) is 0 Å². The third-order valence-electron chi connectivity index (χ3n) is 4.22. The summed E-state index contributed by atoms with van der Waals surface area (Å²) < 4.78 is 27.5. The average molecular weight is 297 g/mol. The van der Waals surface area contributed by atoms with Crippen LogP contribution in [0.25, 0.3) is 0 Å². The number of nitrogens with one attached hydrogen (secondary N) is 1. The molecular weight excluding hydrogens is 278 g/mol. The van der Waals surface area contributed by atoms with Crippen molar-refractivity contribution in [2.75, 3.05) is 18.8 Å². The lowest BCUT2D eigenvalue weighted by molar-refractivity contribution is 0.309. The maximum atomic E-state index is 12.4. The number of phenols is 1. The van der Waals surface area contributed by atoms with Crippen LogP contribution < -0.4 is 10.5 Å². The summed E-state index contributed by atoms with van der Waals surface area (Å²) in [6.45, 7) is 2.02. The van der Waals surface area contributed by atoms with E-state index in [0.717, 1.165) is 32.4 Å². The van der Waals surface area contributed by atoms with Crippen molar-refractivity contribution < 1.29 is 13.5 Å². The molecule has 3 rings (SSSR count). The smallest absolute Gasteiger partial charge is 0.240 e. The van der Waals surface area contributed by atoms with E-state index in [4.69, 9.17) is 5.73 Å². The summed E-state index contributed by atoms with van der Waals surface area (Å²) in [6.07, 6.45) is 3.03. The Balaban J connectivity index is 1.80. The van der Waals surface area contributed by atoms with Crippen molar-refractivity contribution in [1.82, 2.24) is 9.62 Å². The standard InChI is InChI=1S/C13H19N3O3S/c14-10-8-9(3-4-13(10)17)20(18,19)15-11-5-7-16-6-1-2-12(11)16/h3-4,8,11-12,15,17H,1-2,5-7,14H2. The van der Waals surface area contributed by atoms with E-state index in [2.05, 4.69) is 9.62 Å². The molecular formula is C13H19N3O3S. The van der Waals surface area contributed by atoms with Crippen LogP contribution in [0.1, 0.15) is 19.3 Å². The molecule has 0 aliphatic carbocycles. The van der Waals surface area contributed by atoms with Crippen LogP contribution in [0.2, 0.25) is 0 Å². The van der Waals surface area contributed by atoms with Crippen molar-refractivity contribution in [3.05, 3.63) is 18.2 Å². The van der Waals surface area contributed by atoms with Gasteiger partial charge in [0.25, 0.3) is 0 Å². The maximum absolute atomic E-state index is 12.4. The maximum Gasteiger partial charge on any atom is 0.240 e. The number of nitrogens with zero attached hydrogens (tertiary/aromatic N) is 1. The Morgan fingerprint density at radius 3 is 2.85 bits per heavy atom. The zero-order valence-electron chi connectivity index (χ0n) is 11.1. The highest BCUT2D eigenvalue weighted by Crippen LogP contribution is 2.29. The first-order valence-corrected chi connectivity index (χ1v) is 8.30. The van der Waals surface area contributed by atoms with Crippen LogP contribution in [0.5, 0.6) is 5.75 Å². The van der Waals surface area contributed by atoms with E-state index in [9.17, 15) is 13.5 Å². The monoisotopic (exact) mass is 297 g/mol. The first kappa shape index (κ1) is 13.7. The number of hydrogen-bond donors (Lipinski definition) is 3. The van der Waals surface area contributed by atoms with Gasteiger partial charge >= 0.3 is 0 Å². The second-order valence-electron chi connectivity index (χ2n) is 5.48. The zero-order chi connectivity index (χ0) is 14.3. The number of benzene rings is 1. The van der Waals surface area contributed by atoms with Crippen LogP contribution in [-0.4, -0.2) is 43.6 Å². The zero-order valence-corrected chi connectivity index (χ0v) is 11.9. The molecule has 0 spiro atoms. The van der Waals surface area contributed by atoms with Gasteiger partial charge in [-0.25, -0.2) is 13.1 Å². The van der Waals surface area contributed by atoms with Crippen molar-refractivity contribution in [3.8, 4) is 5.75 Å². The summed E-state index contributed by atoms with van der Waals surface area (Å²) in [4.78, 5) is 2.45. The predicted octanol–water partition coefficient (Wildman–Crippen LogP) is 0.489. The van der Waals surface area contributed by atoms with Crippen LogP contribution in [0, 0.1) is 0 Å². The SMILES string of the molecule is Nc1cc(S(=O)(=O)NC2CCN3CCCC23)ccc1O. The van der Waals surface area contributed by atoms with Gasteiger partial charge in [0.1, 0.15) is 5.75 Å². The van der Waals surface area contributed by atoms with Gasteiger partial charge in [0, 0.05) is 18.6 Å². The Morgan fingerprint density at radius 1 is 1.30 bits per heavy atom. The largest absolute Gasteiger partial charge is 0.506 e. The van der Waals surface area contributed by atoms with E-state index in [1.54, 1.807) is 0 Å². The lowest BCUT2D eigenvalue weighted by Gasteiger charge is -2.21. The molecule has 2 aliphatic heterocycles. The molecule has 2 fully saturated rings. The van der Waals surface area contributed by atoms with Gasteiger partial charge in [0.05, 0.1) is 10.6 Å². The van der Waals surface area contributed by atoms with Gasteiger partial charge < -0.3 is 10.8 Å². The predicted molar refractivity (Wildman–Crippen MR) is 75.8 cm³/mol. The fraction of sp³-hybridized carbons (Fsp3) is 0.538. The van der Waals surface area contributed by atoms with E-state index < -0.39 is 10.0 Å². The van der Waals surface area contributed by atoms with E-state index in [-0.39, 0.29) is 22.4 Å². The highest BCUT2D eigenvalue weighted by molar-refractivity contribution is 7.89. The van der Waals surface area contributed by atoms with Crippen molar-refractivity contribution in [1.29, 1.82) is 0 Å². The lowest BCUT2D eigenvalue weighted by Crippen LogP contribution is -2.42. The second-order valence-corrected chi connectivity index (χ2v) is 7.20. The average Bonchev–Trinajstić information content (AvgIpc) is 2.97. The van der Waals surface area contributed by atoms with Gasteiger partial charge in [-0.1, -0.05) is 0 Å². The molecule has 20 heavy (non-hydrogen) atoms. The number of rotatable bonds is 3. The fourth-order valence-electron chi connectivity index (χ4n) is 3.19. The number of aromatic hydroxyl groups is 1. The van der Waals surface area contributed by atoms with Gasteiger partial charge in [-0.15, -0.1) is 0 Å². The summed E-state index contributed by atoms with van der Waals surface area (Å²) in [5.41, 5.74) is 5.63. The lowest BCUT2D eigenvalue weighted by atomic mass is 10.1. The second kappa shape index (κ2) is 4.91.